The van der Waals surface area contributed by atoms with Crippen LogP contribution in [0.4, 0.5) is 0 Å². The van der Waals surface area contributed by atoms with Gasteiger partial charge in [-0.2, -0.15) is 0 Å². The molecule has 0 aromatic rings. The highest BCUT2D eigenvalue weighted by atomic mass is 35.5. The van der Waals surface area contributed by atoms with E-state index in [4.69, 9.17) is 11.6 Å². The van der Waals surface area contributed by atoms with Gasteiger partial charge in [0, 0.05) is 0 Å². The van der Waals surface area contributed by atoms with Crippen LogP contribution in [0.15, 0.2) is 0 Å². The van der Waals surface area contributed by atoms with E-state index in [2.05, 4.69) is 9.47 Å². The smallest absolute Gasteiger partial charge is 0.331 e. The first-order valence-electron chi connectivity index (χ1n) is 2.49. The van der Waals surface area contributed by atoms with Gasteiger partial charge in [-0.15, -0.1) is 0 Å². The Kier molecular flexibility index (Phi) is 4.88. The Morgan fingerprint density at radius 1 is 1.40 bits per heavy atom. The van der Waals surface area contributed by atoms with Gasteiger partial charge in [0.05, 0.1) is 7.11 Å². The lowest BCUT2D eigenvalue weighted by Crippen LogP contribution is -2.12. The summed E-state index contributed by atoms with van der Waals surface area (Å²) in [7, 11) is 1.23. The van der Waals surface area contributed by atoms with Crippen LogP contribution in [0.2, 0.25) is 0 Å². The van der Waals surface area contributed by atoms with Gasteiger partial charge in [0.2, 0.25) is 5.24 Å². The van der Waals surface area contributed by atoms with Crippen LogP contribution in [0.5, 0.6) is 0 Å². The first-order valence-corrected chi connectivity index (χ1v) is 2.87. The lowest BCUT2D eigenvalue weighted by atomic mass is 10.7. The zero-order chi connectivity index (χ0) is 7.98. The SMILES string of the molecule is COC(=O)COCC(=O)Cl. The van der Waals surface area contributed by atoms with Crippen LogP contribution in [0.25, 0.3) is 0 Å². The van der Waals surface area contributed by atoms with E-state index >= 15 is 0 Å². The molecule has 0 aromatic heterocycles. The molecule has 0 aliphatic carbocycles. The van der Waals surface area contributed by atoms with Crippen molar-refractivity contribution in [2.24, 2.45) is 0 Å². The first kappa shape index (κ1) is 9.39. The number of hydrogen-bond donors (Lipinski definition) is 0. The molecule has 0 fully saturated rings. The lowest BCUT2D eigenvalue weighted by Gasteiger charge is -1.97. The quantitative estimate of drug-likeness (QED) is 0.434. The van der Waals surface area contributed by atoms with E-state index < -0.39 is 11.2 Å². The van der Waals surface area contributed by atoms with E-state index in [1.165, 1.54) is 7.11 Å². The molecule has 0 N–H and O–H groups in total. The van der Waals surface area contributed by atoms with E-state index in [9.17, 15) is 9.59 Å². The topological polar surface area (TPSA) is 52.6 Å². The summed E-state index contributed by atoms with van der Waals surface area (Å²) in [5, 5.41) is -0.635. The molecule has 0 radical (unpaired) electrons. The highest BCUT2D eigenvalue weighted by Gasteiger charge is 2.01. The number of carbonyl (C=O) groups excluding carboxylic acids is 2. The average Bonchev–Trinajstić information content (AvgIpc) is 1.87. The summed E-state index contributed by atoms with van der Waals surface area (Å²) in [5.41, 5.74) is 0. The van der Waals surface area contributed by atoms with Crippen LogP contribution in [0.1, 0.15) is 0 Å². The molecule has 5 heteroatoms. The van der Waals surface area contributed by atoms with E-state index in [-0.39, 0.29) is 13.2 Å². The maximum absolute atomic E-state index is 10.3. The van der Waals surface area contributed by atoms with Crippen molar-refractivity contribution in [2.45, 2.75) is 0 Å². The number of hydrogen-bond acceptors (Lipinski definition) is 4. The molecule has 0 saturated heterocycles. The van der Waals surface area contributed by atoms with Crippen LogP contribution in [0, 0.1) is 0 Å². The molecule has 0 aliphatic rings. The van der Waals surface area contributed by atoms with E-state index in [1.807, 2.05) is 0 Å². The summed E-state index contributed by atoms with van der Waals surface area (Å²) in [6, 6.07) is 0. The highest BCUT2D eigenvalue weighted by molar-refractivity contribution is 6.63. The van der Waals surface area contributed by atoms with Gasteiger partial charge in [0.15, 0.2) is 0 Å². The number of methoxy groups -OCH3 is 1. The molecule has 0 bridgehead atoms. The molecule has 0 saturated carbocycles. The minimum Gasteiger partial charge on any atom is -0.467 e. The molecule has 0 aliphatic heterocycles. The minimum absolute atomic E-state index is 0.241. The third-order valence-corrected chi connectivity index (χ3v) is 0.772. The monoisotopic (exact) mass is 166 g/mol. The summed E-state index contributed by atoms with van der Waals surface area (Å²) in [6.45, 7) is -0.508. The van der Waals surface area contributed by atoms with Gasteiger partial charge in [-0.3, -0.25) is 4.79 Å². The molecule has 0 amide bonds. The number of carbonyl (C=O) groups is 2. The van der Waals surface area contributed by atoms with Crippen molar-refractivity contribution >= 4 is 22.8 Å². The van der Waals surface area contributed by atoms with Crippen LogP contribution in [-0.4, -0.2) is 31.5 Å². The zero-order valence-electron chi connectivity index (χ0n) is 5.43. The third kappa shape index (κ3) is 5.53. The number of rotatable bonds is 4. The Hall–Kier alpha value is -0.610. The molecule has 10 heavy (non-hydrogen) atoms. The molecule has 0 rings (SSSR count). The predicted molar refractivity (Wildman–Crippen MR) is 33.7 cm³/mol. The second-order valence-corrected chi connectivity index (χ2v) is 1.85. The Morgan fingerprint density at radius 3 is 2.40 bits per heavy atom. The molecule has 58 valence electrons. The molecule has 0 spiro atoms. The summed E-state index contributed by atoms with van der Waals surface area (Å²) in [5.74, 6) is -0.530. The highest BCUT2D eigenvalue weighted by Crippen LogP contribution is 1.83. The molecule has 0 unspecified atom stereocenters. The summed E-state index contributed by atoms with van der Waals surface area (Å²) in [6.07, 6.45) is 0. The summed E-state index contributed by atoms with van der Waals surface area (Å²) >= 11 is 4.89. The van der Waals surface area contributed by atoms with E-state index in [0.29, 0.717) is 0 Å². The minimum atomic E-state index is -0.635. The Labute approximate surface area is 63.1 Å². The second-order valence-electron chi connectivity index (χ2n) is 1.42. The Bertz CT molecular complexity index is 134. The standard InChI is InChI=1S/C5H7ClO4/c1-9-5(8)3-10-2-4(6)7/h2-3H2,1H3. The van der Waals surface area contributed by atoms with Gasteiger partial charge >= 0.3 is 5.97 Å². The molecule has 0 heterocycles. The van der Waals surface area contributed by atoms with E-state index in [0.717, 1.165) is 0 Å². The van der Waals surface area contributed by atoms with Crippen molar-refractivity contribution in [3.05, 3.63) is 0 Å². The van der Waals surface area contributed by atoms with Crippen molar-refractivity contribution < 1.29 is 19.1 Å². The van der Waals surface area contributed by atoms with Crippen molar-refractivity contribution in [2.75, 3.05) is 20.3 Å². The molecule has 0 aromatic carbocycles. The second kappa shape index (κ2) is 5.20. The van der Waals surface area contributed by atoms with Crippen LogP contribution in [0.3, 0.4) is 0 Å². The molecule has 0 atom stereocenters. The first-order chi connectivity index (χ1) is 4.66. The predicted octanol–water partition coefficient (Wildman–Crippen LogP) is -0.0586. The van der Waals surface area contributed by atoms with Crippen molar-refractivity contribution in [3.63, 3.8) is 0 Å². The van der Waals surface area contributed by atoms with Crippen molar-refractivity contribution in [1.29, 1.82) is 0 Å². The largest absolute Gasteiger partial charge is 0.467 e. The van der Waals surface area contributed by atoms with Gasteiger partial charge in [-0.25, -0.2) is 4.79 Å². The van der Waals surface area contributed by atoms with Crippen molar-refractivity contribution in [3.8, 4) is 0 Å². The van der Waals surface area contributed by atoms with Crippen LogP contribution < -0.4 is 0 Å². The maximum atomic E-state index is 10.3. The van der Waals surface area contributed by atoms with Crippen LogP contribution >= 0.6 is 11.6 Å². The number of halogens is 1. The fourth-order valence-corrected chi connectivity index (χ4v) is 0.351. The Balaban J connectivity index is 3.20. The van der Waals surface area contributed by atoms with Gasteiger partial charge in [0.25, 0.3) is 0 Å². The fourth-order valence-electron chi connectivity index (χ4n) is 0.274. The number of ether oxygens (including phenoxy) is 2. The molecular weight excluding hydrogens is 160 g/mol. The molecule has 4 nitrogen and oxygen atoms in total. The summed E-state index contributed by atoms with van der Waals surface area (Å²) < 4.78 is 8.71. The lowest BCUT2D eigenvalue weighted by molar-refractivity contribution is -0.146. The summed E-state index contributed by atoms with van der Waals surface area (Å²) in [4.78, 5) is 20.3. The van der Waals surface area contributed by atoms with Crippen LogP contribution in [-0.2, 0) is 19.1 Å². The maximum Gasteiger partial charge on any atom is 0.331 e. The average molecular weight is 167 g/mol. The molecular formula is C5H7ClO4. The zero-order valence-corrected chi connectivity index (χ0v) is 6.18. The fraction of sp³-hybridized carbons (Fsp3) is 0.600. The van der Waals surface area contributed by atoms with E-state index in [1.54, 1.807) is 0 Å². The Morgan fingerprint density at radius 2 is 2.00 bits per heavy atom. The van der Waals surface area contributed by atoms with Crippen molar-refractivity contribution in [1.82, 2.24) is 0 Å². The third-order valence-electron chi connectivity index (χ3n) is 0.663. The number of esters is 1. The van der Waals surface area contributed by atoms with Gasteiger partial charge in [-0.05, 0) is 11.6 Å². The normalized spacial score (nSPS) is 9.00. The van der Waals surface area contributed by atoms with Gasteiger partial charge < -0.3 is 9.47 Å². The van der Waals surface area contributed by atoms with Gasteiger partial charge in [0.1, 0.15) is 13.2 Å². The van der Waals surface area contributed by atoms with Gasteiger partial charge in [-0.1, -0.05) is 0 Å².